The monoisotopic (exact) mass is 264 g/mol. The summed E-state index contributed by atoms with van der Waals surface area (Å²) in [6.07, 6.45) is 3.82. The summed E-state index contributed by atoms with van der Waals surface area (Å²) < 4.78 is 2.10. The molecule has 0 aliphatic carbocycles. The smallest absolute Gasteiger partial charge is 0.110 e. The summed E-state index contributed by atoms with van der Waals surface area (Å²) >= 11 is 3.46. The van der Waals surface area contributed by atoms with Gasteiger partial charge in [0.2, 0.25) is 0 Å². The van der Waals surface area contributed by atoms with Gasteiger partial charge in [-0.15, -0.1) is 0 Å². The first kappa shape index (κ1) is 10.4. The number of hydrogen-bond donors (Lipinski definition) is 0. The van der Waals surface area contributed by atoms with E-state index < -0.39 is 0 Å². The van der Waals surface area contributed by atoms with Crippen molar-refractivity contribution in [2.45, 2.75) is 19.2 Å². The summed E-state index contributed by atoms with van der Waals surface area (Å²) in [6.45, 7) is 4.14. The molecule has 0 radical (unpaired) electrons. The van der Waals surface area contributed by atoms with E-state index in [4.69, 9.17) is 0 Å². The second-order valence-electron chi connectivity index (χ2n) is 3.60. The van der Waals surface area contributed by atoms with Gasteiger partial charge in [0.15, 0.2) is 0 Å². The summed E-state index contributed by atoms with van der Waals surface area (Å²) in [6, 6.07) is 6.47. The average molecular weight is 265 g/mol. The van der Waals surface area contributed by atoms with Gasteiger partial charge >= 0.3 is 0 Å². The standard InChI is InChI=1S/C12H13BrN2/c1-9-7-11(8-13)3-4-12(9)15-6-5-14-10(15)2/h3-7H,8H2,1-2H3. The third-order valence-electron chi connectivity index (χ3n) is 2.50. The van der Waals surface area contributed by atoms with Gasteiger partial charge in [0.25, 0.3) is 0 Å². The van der Waals surface area contributed by atoms with E-state index in [9.17, 15) is 0 Å². The van der Waals surface area contributed by atoms with Gasteiger partial charge in [0.05, 0.1) is 0 Å². The first-order valence-corrected chi connectivity index (χ1v) is 6.00. The molecule has 0 saturated carbocycles. The summed E-state index contributed by atoms with van der Waals surface area (Å²) in [5.41, 5.74) is 3.77. The van der Waals surface area contributed by atoms with E-state index in [1.54, 1.807) is 0 Å². The lowest BCUT2D eigenvalue weighted by Crippen LogP contribution is -1.98. The maximum Gasteiger partial charge on any atom is 0.110 e. The van der Waals surface area contributed by atoms with E-state index in [2.05, 4.69) is 50.6 Å². The Balaban J connectivity index is 2.50. The molecular formula is C12H13BrN2. The van der Waals surface area contributed by atoms with Crippen molar-refractivity contribution in [3.8, 4) is 5.69 Å². The molecule has 0 fully saturated rings. The number of halogens is 1. The highest BCUT2D eigenvalue weighted by Crippen LogP contribution is 2.18. The molecule has 0 saturated heterocycles. The Kier molecular flexibility index (Phi) is 2.91. The summed E-state index contributed by atoms with van der Waals surface area (Å²) in [5.74, 6) is 1.02. The molecular weight excluding hydrogens is 252 g/mol. The van der Waals surface area contributed by atoms with Crippen molar-refractivity contribution in [3.05, 3.63) is 47.5 Å². The van der Waals surface area contributed by atoms with Gasteiger partial charge in [-0.05, 0) is 31.0 Å². The van der Waals surface area contributed by atoms with Crippen LogP contribution in [0.5, 0.6) is 0 Å². The Morgan fingerprint density at radius 3 is 2.67 bits per heavy atom. The van der Waals surface area contributed by atoms with Gasteiger partial charge in [-0.3, -0.25) is 0 Å². The highest BCUT2D eigenvalue weighted by atomic mass is 79.9. The Morgan fingerprint density at radius 1 is 1.33 bits per heavy atom. The fourth-order valence-corrected chi connectivity index (χ4v) is 2.05. The highest BCUT2D eigenvalue weighted by molar-refractivity contribution is 9.08. The molecule has 1 heterocycles. The van der Waals surface area contributed by atoms with Crippen LogP contribution in [0.2, 0.25) is 0 Å². The molecule has 2 nitrogen and oxygen atoms in total. The summed E-state index contributed by atoms with van der Waals surface area (Å²) in [4.78, 5) is 4.23. The Hall–Kier alpha value is -1.09. The normalized spacial score (nSPS) is 10.6. The molecule has 0 atom stereocenters. The lowest BCUT2D eigenvalue weighted by atomic mass is 10.1. The quantitative estimate of drug-likeness (QED) is 0.761. The second-order valence-corrected chi connectivity index (χ2v) is 4.16. The third kappa shape index (κ3) is 1.97. The van der Waals surface area contributed by atoms with Crippen molar-refractivity contribution in [2.75, 3.05) is 0 Å². The molecule has 0 N–H and O–H groups in total. The first-order valence-electron chi connectivity index (χ1n) is 4.88. The number of hydrogen-bond acceptors (Lipinski definition) is 1. The van der Waals surface area contributed by atoms with E-state index in [0.29, 0.717) is 0 Å². The van der Waals surface area contributed by atoms with Crippen LogP contribution in [0.25, 0.3) is 5.69 Å². The van der Waals surface area contributed by atoms with Crippen LogP contribution in [0.3, 0.4) is 0 Å². The number of nitrogens with zero attached hydrogens (tertiary/aromatic N) is 2. The maximum atomic E-state index is 4.23. The number of benzene rings is 1. The van der Waals surface area contributed by atoms with Crippen LogP contribution < -0.4 is 0 Å². The topological polar surface area (TPSA) is 17.8 Å². The zero-order valence-corrected chi connectivity index (χ0v) is 10.5. The minimum absolute atomic E-state index is 0.900. The van der Waals surface area contributed by atoms with Crippen LogP contribution in [0.15, 0.2) is 30.6 Å². The van der Waals surface area contributed by atoms with Gasteiger partial charge in [0, 0.05) is 23.4 Å². The molecule has 0 aliphatic rings. The van der Waals surface area contributed by atoms with Crippen molar-refractivity contribution in [3.63, 3.8) is 0 Å². The maximum absolute atomic E-state index is 4.23. The highest BCUT2D eigenvalue weighted by Gasteiger charge is 2.04. The molecule has 0 amide bonds. The largest absolute Gasteiger partial charge is 0.304 e. The number of aromatic nitrogens is 2. The molecule has 15 heavy (non-hydrogen) atoms. The van der Waals surface area contributed by atoms with E-state index in [1.165, 1.54) is 16.8 Å². The van der Waals surface area contributed by atoms with Crippen molar-refractivity contribution < 1.29 is 0 Å². The Labute approximate surface area is 98.1 Å². The SMILES string of the molecule is Cc1cc(CBr)ccc1-n1ccnc1C. The second kappa shape index (κ2) is 4.19. The van der Waals surface area contributed by atoms with E-state index >= 15 is 0 Å². The lowest BCUT2D eigenvalue weighted by Gasteiger charge is -2.09. The molecule has 3 heteroatoms. The van der Waals surface area contributed by atoms with Gasteiger partial charge in [-0.25, -0.2) is 4.98 Å². The zero-order valence-electron chi connectivity index (χ0n) is 8.87. The van der Waals surface area contributed by atoms with Crippen LogP contribution in [0, 0.1) is 13.8 Å². The van der Waals surface area contributed by atoms with Crippen molar-refractivity contribution in [1.82, 2.24) is 9.55 Å². The number of rotatable bonds is 2. The van der Waals surface area contributed by atoms with Crippen LogP contribution >= 0.6 is 15.9 Å². The number of alkyl halides is 1. The van der Waals surface area contributed by atoms with Crippen molar-refractivity contribution in [2.24, 2.45) is 0 Å². The Bertz CT molecular complexity index is 474. The van der Waals surface area contributed by atoms with Crippen LogP contribution in [-0.2, 0) is 5.33 Å². The predicted molar refractivity (Wildman–Crippen MR) is 65.7 cm³/mol. The molecule has 0 unspecified atom stereocenters. The first-order chi connectivity index (χ1) is 7.22. The molecule has 1 aromatic carbocycles. The Morgan fingerprint density at radius 2 is 2.13 bits per heavy atom. The fourth-order valence-electron chi connectivity index (χ4n) is 1.70. The fraction of sp³-hybridized carbons (Fsp3) is 0.250. The van der Waals surface area contributed by atoms with E-state index in [-0.39, 0.29) is 0 Å². The lowest BCUT2D eigenvalue weighted by molar-refractivity contribution is 0.963. The number of aryl methyl sites for hydroxylation is 2. The predicted octanol–water partition coefficient (Wildman–Crippen LogP) is 3.38. The van der Waals surface area contributed by atoms with Gasteiger partial charge in [-0.1, -0.05) is 28.1 Å². The third-order valence-corrected chi connectivity index (χ3v) is 3.15. The molecule has 78 valence electrons. The molecule has 0 bridgehead atoms. The van der Waals surface area contributed by atoms with E-state index in [0.717, 1.165) is 11.2 Å². The van der Waals surface area contributed by atoms with Crippen molar-refractivity contribution >= 4 is 15.9 Å². The molecule has 0 spiro atoms. The average Bonchev–Trinajstić information content (AvgIpc) is 2.64. The minimum atomic E-state index is 0.900. The molecule has 1 aromatic heterocycles. The summed E-state index contributed by atoms with van der Waals surface area (Å²) in [5, 5.41) is 0.900. The van der Waals surface area contributed by atoms with Gasteiger partial charge in [0.1, 0.15) is 5.82 Å². The summed E-state index contributed by atoms with van der Waals surface area (Å²) in [7, 11) is 0. The molecule has 2 rings (SSSR count). The zero-order chi connectivity index (χ0) is 10.8. The van der Waals surface area contributed by atoms with Crippen LogP contribution in [-0.4, -0.2) is 9.55 Å². The van der Waals surface area contributed by atoms with Gasteiger partial charge < -0.3 is 4.57 Å². The van der Waals surface area contributed by atoms with Gasteiger partial charge in [-0.2, -0.15) is 0 Å². The van der Waals surface area contributed by atoms with Crippen LogP contribution in [0.1, 0.15) is 17.0 Å². The molecule has 0 aliphatic heterocycles. The number of imidazole rings is 1. The van der Waals surface area contributed by atoms with Crippen molar-refractivity contribution in [1.29, 1.82) is 0 Å². The van der Waals surface area contributed by atoms with Crippen LogP contribution in [0.4, 0.5) is 0 Å². The van der Waals surface area contributed by atoms with E-state index in [1.807, 2.05) is 19.3 Å². The molecule has 2 aromatic rings. The minimum Gasteiger partial charge on any atom is -0.304 e.